The Kier molecular flexibility index (Phi) is 7.60. The molecule has 0 saturated heterocycles. The fourth-order valence-electron chi connectivity index (χ4n) is 4.54. The summed E-state index contributed by atoms with van der Waals surface area (Å²) in [4.78, 5) is 43.0. The van der Waals surface area contributed by atoms with Gasteiger partial charge in [-0.3, -0.25) is 14.4 Å². The van der Waals surface area contributed by atoms with Gasteiger partial charge in [0.15, 0.2) is 5.69 Å². The van der Waals surface area contributed by atoms with Crippen molar-refractivity contribution in [2.75, 3.05) is 31.1 Å². The van der Waals surface area contributed by atoms with Gasteiger partial charge in [-0.2, -0.15) is 5.10 Å². The summed E-state index contributed by atoms with van der Waals surface area (Å²) in [6.45, 7) is 6.79. The minimum Gasteiger partial charge on any atom is -0.336 e. The van der Waals surface area contributed by atoms with E-state index in [1.807, 2.05) is 49.1 Å². The first kappa shape index (κ1) is 24.6. The molecule has 3 aromatic rings. The van der Waals surface area contributed by atoms with Crippen LogP contribution in [0.5, 0.6) is 0 Å². The normalized spacial score (nSPS) is 15.1. The van der Waals surface area contributed by atoms with Gasteiger partial charge in [0, 0.05) is 57.3 Å². The SMILES string of the molecule is CC(C)CC(=O)N1CCCN(C(=O)c2nn(C)c(=O)c3ccccc23)CCNCc2ccccc21. The Morgan fingerprint density at radius 1 is 1.00 bits per heavy atom. The number of nitrogens with zero attached hydrogens (tertiary/aromatic N) is 4. The third-order valence-electron chi connectivity index (χ3n) is 6.30. The van der Waals surface area contributed by atoms with Crippen molar-refractivity contribution in [3.8, 4) is 0 Å². The first-order valence-electron chi connectivity index (χ1n) is 12.2. The number of para-hydroxylation sites is 1. The van der Waals surface area contributed by atoms with Crippen LogP contribution in [-0.2, 0) is 18.4 Å². The fraction of sp³-hybridized carbons (Fsp3) is 0.407. The van der Waals surface area contributed by atoms with Gasteiger partial charge >= 0.3 is 0 Å². The van der Waals surface area contributed by atoms with Crippen molar-refractivity contribution >= 4 is 28.3 Å². The number of carbonyl (C=O) groups is 2. The highest BCUT2D eigenvalue weighted by molar-refractivity contribution is 6.04. The van der Waals surface area contributed by atoms with Crippen LogP contribution >= 0.6 is 0 Å². The third-order valence-corrected chi connectivity index (χ3v) is 6.30. The number of amides is 2. The molecule has 35 heavy (non-hydrogen) atoms. The summed E-state index contributed by atoms with van der Waals surface area (Å²) in [5, 5.41) is 8.79. The quantitative estimate of drug-likeness (QED) is 0.629. The lowest BCUT2D eigenvalue weighted by molar-refractivity contribution is -0.119. The number of hydrogen-bond donors (Lipinski definition) is 1. The van der Waals surface area contributed by atoms with Crippen LogP contribution in [-0.4, -0.2) is 52.7 Å². The highest BCUT2D eigenvalue weighted by Crippen LogP contribution is 2.23. The van der Waals surface area contributed by atoms with E-state index in [0.29, 0.717) is 56.3 Å². The van der Waals surface area contributed by atoms with Crippen LogP contribution in [0.1, 0.15) is 42.7 Å². The molecule has 0 radical (unpaired) electrons. The summed E-state index contributed by atoms with van der Waals surface area (Å²) in [6, 6.07) is 15.1. The minimum absolute atomic E-state index is 0.0929. The standard InChI is InChI=1S/C27H33N5O3/c1-19(2)17-24(33)32-15-8-14-31(16-13-28-18-20-9-4-7-12-23(20)32)27(35)25-21-10-5-6-11-22(21)26(34)30(3)29-25/h4-7,9-12,19,28H,8,13-18H2,1-3H3. The lowest BCUT2D eigenvalue weighted by Gasteiger charge is -2.27. The Balaban J connectivity index is 1.62. The molecule has 1 aromatic heterocycles. The summed E-state index contributed by atoms with van der Waals surface area (Å²) < 4.78 is 1.23. The molecule has 0 atom stereocenters. The molecule has 0 fully saturated rings. The lowest BCUT2D eigenvalue weighted by atomic mass is 10.1. The number of benzene rings is 2. The van der Waals surface area contributed by atoms with Gasteiger partial charge in [0.2, 0.25) is 5.91 Å². The summed E-state index contributed by atoms with van der Waals surface area (Å²) in [5.41, 5.74) is 2.04. The zero-order valence-corrected chi connectivity index (χ0v) is 20.7. The third kappa shape index (κ3) is 5.43. The molecular weight excluding hydrogens is 442 g/mol. The summed E-state index contributed by atoms with van der Waals surface area (Å²) in [5.74, 6) is 0.138. The maximum atomic E-state index is 13.6. The lowest BCUT2D eigenvalue weighted by Crippen LogP contribution is -2.40. The minimum atomic E-state index is -0.228. The molecule has 1 aliphatic rings. The monoisotopic (exact) mass is 475 g/mol. The maximum absolute atomic E-state index is 13.6. The zero-order valence-electron chi connectivity index (χ0n) is 20.7. The molecule has 0 unspecified atom stereocenters. The van der Waals surface area contributed by atoms with Crippen LogP contribution in [0, 0.1) is 5.92 Å². The van der Waals surface area contributed by atoms with Gasteiger partial charge < -0.3 is 15.1 Å². The van der Waals surface area contributed by atoms with Gasteiger partial charge in [0.1, 0.15) is 0 Å². The molecule has 8 nitrogen and oxygen atoms in total. The van der Waals surface area contributed by atoms with Crippen molar-refractivity contribution in [2.45, 2.75) is 33.2 Å². The van der Waals surface area contributed by atoms with E-state index in [0.717, 1.165) is 11.3 Å². The maximum Gasteiger partial charge on any atom is 0.274 e. The number of anilines is 1. The van der Waals surface area contributed by atoms with Crippen molar-refractivity contribution in [3.05, 3.63) is 70.1 Å². The molecular formula is C27H33N5O3. The summed E-state index contributed by atoms with van der Waals surface area (Å²) in [7, 11) is 1.56. The van der Waals surface area contributed by atoms with Gasteiger partial charge in [-0.15, -0.1) is 0 Å². The van der Waals surface area contributed by atoms with E-state index in [2.05, 4.69) is 10.4 Å². The number of carbonyl (C=O) groups excluding carboxylic acids is 2. The second-order valence-corrected chi connectivity index (χ2v) is 9.42. The zero-order chi connectivity index (χ0) is 24.9. The molecule has 2 aromatic carbocycles. The average molecular weight is 476 g/mol. The first-order valence-corrected chi connectivity index (χ1v) is 12.2. The van der Waals surface area contributed by atoms with Crippen molar-refractivity contribution < 1.29 is 9.59 Å². The first-order chi connectivity index (χ1) is 16.9. The topological polar surface area (TPSA) is 87.5 Å². The molecule has 2 heterocycles. The Hall–Kier alpha value is -3.52. The van der Waals surface area contributed by atoms with Gasteiger partial charge in [0.25, 0.3) is 11.5 Å². The summed E-state index contributed by atoms with van der Waals surface area (Å²) >= 11 is 0. The van der Waals surface area contributed by atoms with Crippen molar-refractivity contribution in [1.29, 1.82) is 0 Å². The van der Waals surface area contributed by atoms with Crippen LogP contribution in [0.4, 0.5) is 5.69 Å². The van der Waals surface area contributed by atoms with E-state index >= 15 is 0 Å². The predicted octanol–water partition coefficient (Wildman–Crippen LogP) is 2.95. The summed E-state index contributed by atoms with van der Waals surface area (Å²) in [6.07, 6.45) is 1.10. The highest BCUT2D eigenvalue weighted by atomic mass is 16.2. The largest absolute Gasteiger partial charge is 0.336 e. The van der Waals surface area contributed by atoms with Crippen molar-refractivity contribution in [2.24, 2.45) is 13.0 Å². The van der Waals surface area contributed by atoms with E-state index in [1.165, 1.54) is 4.68 Å². The van der Waals surface area contributed by atoms with Crippen LogP contribution in [0.15, 0.2) is 53.3 Å². The smallest absolute Gasteiger partial charge is 0.274 e. The molecule has 2 amide bonds. The van der Waals surface area contributed by atoms with Crippen LogP contribution in [0.2, 0.25) is 0 Å². The molecule has 0 saturated carbocycles. The van der Waals surface area contributed by atoms with Gasteiger partial charge in [-0.05, 0) is 30.0 Å². The average Bonchev–Trinajstić information content (AvgIpc) is 2.88. The van der Waals surface area contributed by atoms with Crippen LogP contribution < -0.4 is 15.8 Å². The number of aromatic nitrogens is 2. The van der Waals surface area contributed by atoms with E-state index in [-0.39, 0.29) is 29.0 Å². The van der Waals surface area contributed by atoms with E-state index < -0.39 is 0 Å². The molecule has 0 aliphatic carbocycles. The molecule has 184 valence electrons. The molecule has 8 heteroatoms. The van der Waals surface area contributed by atoms with E-state index in [1.54, 1.807) is 30.1 Å². The molecule has 4 rings (SSSR count). The van der Waals surface area contributed by atoms with Gasteiger partial charge in [-0.25, -0.2) is 4.68 Å². The Morgan fingerprint density at radius 3 is 2.49 bits per heavy atom. The van der Waals surface area contributed by atoms with Gasteiger partial charge in [0.05, 0.1) is 5.39 Å². The second kappa shape index (κ2) is 10.8. The predicted molar refractivity (Wildman–Crippen MR) is 137 cm³/mol. The van der Waals surface area contributed by atoms with E-state index in [4.69, 9.17) is 0 Å². The number of nitrogens with one attached hydrogen (secondary N) is 1. The van der Waals surface area contributed by atoms with Gasteiger partial charge in [-0.1, -0.05) is 50.2 Å². The number of fused-ring (bicyclic) bond motifs is 2. The molecule has 1 aliphatic heterocycles. The molecule has 0 bridgehead atoms. The number of aryl methyl sites for hydroxylation is 1. The Morgan fingerprint density at radius 2 is 1.71 bits per heavy atom. The molecule has 1 N–H and O–H groups in total. The highest BCUT2D eigenvalue weighted by Gasteiger charge is 2.24. The van der Waals surface area contributed by atoms with Crippen LogP contribution in [0.3, 0.4) is 0 Å². The fourth-order valence-corrected chi connectivity index (χ4v) is 4.54. The number of rotatable bonds is 3. The van der Waals surface area contributed by atoms with Crippen LogP contribution in [0.25, 0.3) is 10.8 Å². The van der Waals surface area contributed by atoms with E-state index in [9.17, 15) is 14.4 Å². The Labute approximate surface area is 205 Å². The molecule has 0 spiro atoms. The Bertz CT molecular complexity index is 1280. The number of hydrogen-bond acceptors (Lipinski definition) is 5. The van der Waals surface area contributed by atoms with Crippen molar-refractivity contribution in [3.63, 3.8) is 0 Å². The second-order valence-electron chi connectivity index (χ2n) is 9.42. The van der Waals surface area contributed by atoms with Crippen molar-refractivity contribution in [1.82, 2.24) is 20.0 Å².